The predicted molar refractivity (Wildman–Crippen MR) is 113 cm³/mol. The van der Waals surface area contributed by atoms with Crippen molar-refractivity contribution in [1.82, 2.24) is 15.5 Å². The molecular formula is C18H30FIN4O2. The Morgan fingerprint density at radius 3 is 2.35 bits per heavy atom. The number of aliphatic imine (C=N–C) groups is 1. The lowest BCUT2D eigenvalue weighted by molar-refractivity contribution is 0.0264. The molecular weight excluding hydrogens is 450 g/mol. The Bertz CT molecular complexity index is 574. The first-order chi connectivity index (χ1) is 11.7. The second kappa shape index (κ2) is 11.9. The lowest BCUT2D eigenvalue weighted by atomic mass is 10.2. The van der Waals surface area contributed by atoms with Crippen molar-refractivity contribution < 1.29 is 13.9 Å². The quantitative estimate of drug-likeness (QED) is 0.373. The number of likely N-dealkylation sites (N-methyl/N-ethyl adjacent to an activating group) is 1. The van der Waals surface area contributed by atoms with E-state index in [1.807, 2.05) is 27.7 Å². The standard InChI is InChI=1S/C18H29FN4O2.HI/c1-6-23(17(24)25-18(2,3)4)12-11-21-16(20-5)22-13-14-7-9-15(19)10-8-14;/h7-10H,6,11-13H2,1-5H3,(H2,20,21,22);1H. The average molecular weight is 480 g/mol. The van der Waals surface area contributed by atoms with E-state index in [1.54, 1.807) is 24.1 Å². The number of nitrogens with zero attached hydrogens (tertiary/aromatic N) is 2. The van der Waals surface area contributed by atoms with Gasteiger partial charge in [-0.1, -0.05) is 12.1 Å². The zero-order chi connectivity index (χ0) is 18.9. The first-order valence-corrected chi connectivity index (χ1v) is 8.42. The lowest BCUT2D eigenvalue weighted by Crippen LogP contribution is -2.44. The van der Waals surface area contributed by atoms with Crippen LogP contribution in [0.2, 0.25) is 0 Å². The molecule has 0 fully saturated rings. The number of benzene rings is 1. The molecule has 0 aliphatic rings. The van der Waals surface area contributed by atoms with Crippen LogP contribution in [0.4, 0.5) is 9.18 Å². The van der Waals surface area contributed by atoms with E-state index in [0.717, 1.165) is 5.56 Å². The Balaban J connectivity index is 0.00000625. The fourth-order valence-corrected chi connectivity index (χ4v) is 2.02. The summed E-state index contributed by atoms with van der Waals surface area (Å²) in [6, 6.07) is 6.29. The highest BCUT2D eigenvalue weighted by Gasteiger charge is 2.20. The summed E-state index contributed by atoms with van der Waals surface area (Å²) in [5.41, 5.74) is 0.443. The normalized spacial score (nSPS) is 11.4. The maximum atomic E-state index is 12.9. The van der Waals surface area contributed by atoms with Gasteiger partial charge in [0, 0.05) is 33.2 Å². The van der Waals surface area contributed by atoms with Gasteiger partial charge in [-0.05, 0) is 45.4 Å². The highest BCUT2D eigenvalue weighted by atomic mass is 127. The number of hydrogen-bond donors (Lipinski definition) is 2. The monoisotopic (exact) mass is 480 g/mol. The van der Waals surface area contributed by atoms with Crippen molar-refractivity contribution in [1.29, 1.82) is 0 Å². The zero-order valence-electron chi connectivity index (χ0n) is 16.1. The summed E-state index contributed by atoms with van der Waals surface area (Å²) in [5, 5.41) is 6.30. The fourth-order valence-electron chi connectivity index (χ4n) is 2.02. The molecule has 0 saturated carbocycles. The molecule has 1 aromatic rings. The molecule has 0 unspecified atom stereocenters. The van der Waals surface area contributed by atoms with Crippen LogP contribution in [0, 0.1) is 5.82 Å². The molecule has 8 heteroatoms. The number of hydrogen-bond acceptors (Lipinski definition) is 3. The summed E-state index contributed by atoms with van der Waals surface area (Å²) < 4.78 is 18.3. The van der Waals surface area contributed by atoms with Crippen LogP contribution in [0.25, 0.3) is 0 Å². The fraction of sp³-hybridized carbons (Fsp3) is 0.556. The number of halogens is 2. The zero-order valence-corrected chi connectivity index (χ0v) is 18.5. The minimum absolute atomic E-state index is 0. The third kappa shape index (κ3) is 9.79. The second-order valence-electron chi connectivity index (χ2n) is 6.54. The lowest BCUT2D eigenvalue weighted by Gasteiger charge is -2.26. The van der Waals surface area contributed by atoms with Gasteiger partial charge in [0.05, 0.1) is 0 Å². The van der Waals surface area contributed by atoms with Crippen molar-refractivity contribution in [3.63, 3.8) is 0 Å². The largest absolute Gasteiger partial charge is 0.444 e. The summed E-state index contributed by atoms with van der Waals surface area (Å²) in [6.45, 7) is 9.58. The highest BCUT2D eigenvalue weighted by molar-refractivity contribution is 14.0. The van der Waals surface area contributed by atoms with Crippen molar-refractivity contribution in [3.05, 3.63) is 35.6 Å². The maximum absolute atomic E-state index is 12.9. The van der Waals surface area contributed by atoms with Crippen molar-refractivity contribution in [2.75, 3.05) is 26.7 Å². The van der Waals surface area contributed by atoms with E-state index in [9.17, 15) is 9.18 Å². The van der Waals surface area contributed by atoms with Crippen LogP contribution < -0.4 is 10.6 Å². The SMILES string of the molecule is CCN(CCNC(=NC)NCc1ccc(F)cc1)C(=O)OC(C)(C)C.I. The highest BCUT2D eigenvalue weighted by Crippen LogP contribution is 2.09. The molecule has 148 valence electrons. The van der Waals surface area contributed by atoms with Crippen LogP contribution in [-0.4, -0.2) is 49.2 Å². The molecule has 0 bridgehead atoms. The summed E-state index contributed by atoms with van der Waals surface area (Å²) in [5.74, 6) is 0.359. The first kappa shape index (κ1) is 24.4. The first-order valence-electron chi connectivity index (χ1n) is 8.42. The topological polar surface area (TPSA) is 66.0 Å². The maximum Gasteiger partial charge on any atom is 0.410 e. The van der Waals surface area contributed by atoms with Gasteiger partial charge in [0.1, 0.15) is 11.4 Å². The molecule has 1 amide bonds. The van der Waals surface area contributed by atoms with Crippen LogP contribution in [0.3, 0.4) is 0 Å². The number of ether oxygens (including phenoxy) is 1. The average Bonchev–Trinajstić information content (AvgIpc) is 2.54. The molecule has 0 radical (unpaired) electrons. The van der Waals surface area contributed by atoms with Crippen LogP contribution in [-0.2, 0) is 11.3 Å². The molecule has 0 atom stereocenters. The van der Waals surface area contributed by atoms with Crippen molar-refractivity contribution in [2.24, 2.45) is 4.99 Å². The number of carbonyl (C=O) groups is 1. The minimum atomic E-state index is -0.509. The molecule has 0 aliphatic carbocycles. The van der Waals surface area contributed by atoms with E-state index in [-0.39, 0.29) is 35.9 Å². The molecule has 0 aromatic heterocycles. The molecule has 6 nitrogen and oxygen atoms in total. The Kier molecular flexibility index (Phi) is 11.2. The van der Waals surface area contributed by atoms with Gasteiger partial charge in [0.25, 0.3) is 0 Å². The second-order valence-corrected chi connectivity index (χ2v) is 6.54. The van der Waals surface area contributed by atoms with E-state index in [0.29, 0.717) is 32.1 Å². The third-order valence-corrected chi connectivity index (χ3v) is 3.30. The number of carbonyl (C=O) groups excluding carboxylic acids is 1. The van der Waals surface area contributed by atoms with Crippen molar-refractivity contribution in [2.45, 2.75) is 39.8 Å². The minimum Gasteiger partial charge on any atom is -0.444 e. The summed E-state index contributed by atoms with van der Waals surface area (Å²) >= 11 is 0. The Labute approximate surface area is 172 Å². The smallest absolute Gasteiger partial charge is 0.410 e. The van der Waals surface area contributed by atoms with Crippen LogP contribution >= 0.6 is 24.0 Å². The molecule has 1 aromatic carbocycles. The van der Waals surface area contributed by atoms with Gasteiger partial charge >= 0.3 is 6.09 Å². The van der Waals surface area contributed by atoms with Crippen molar-refractivity contribution in [3.8, 4) is 0 Å². The Hall–Kier alpha value is -1.58. The summed E-state index contributed by atoms with van der Waals surface area (Å²) in [7, 11) is 1.67. The number of amides is 1. The van der Waals surface area contributed by atoms with E-state index in [4.69, 9.17) is 4.74 Å². The van der Waals surface area contributed by atoms with Gasteiger partial charge in [0.2, 0.25) is 0 Å². The van der Waals surface area contributed by atoms with Gasteiger partial charge in [-0.2, -0.15) is 0 Å². The van der Waals surface area contributed by atoms with Crippen LogP contribution in [0.15, 0.2) is 29.3 Å². The molecule has 0 aliphatic heterocycles. The number of guanidine groups is 1. The van der Waals surface area contributed by atoms with Gasteiger partial charge in [-0.15, -0.1) is 24.0 Å². The van der Waals surface area contributed by atoms with Crippen molar-refractivity contribution >= 4 is 36.0 Å². The molecule has 1 rings (SSSR count). The number of rotatable bonds is 6. The van der Waals surface area contributed by atoms with Crippen LogP contribution in [0.5, 0.6) is 0 Å². The van der Waals surface area contributed by atoms with E-state index < -0.39 is 5.60 Å². The predicted octanol–water partition coefficient (Wildman–Crippen LogP) is 3.37. The van der Waals surface area contributed by atoms with Crippen LogP contribution in [0.1, 0.15) is 33.3 Å². The summed E-state index contributed by atoms with van der Waals surface area (Å²) in [4.78, 5) is 17.8. The van der Waals surface area contributed by atoms with Gasteiger partial charge < -0.3 is 20.3 Å². The third-order valence-electron chi connectivity index (χ3n) is 3.30. The van der Waals surface area contributed by atoms with E-state index >= 15 is 0 Å². The molecule has 0 heterocycles. The summed E-state index contributed by atoms with van der Waals surface area (Å²) in [6.07, 6.45) is -0.328. The molecule has 26 heavy (non-hydrogen) atoms. The Morgan fingerprint density at radius 1 is 1.23 bits per heavy atom. The molecule has 0 saturated heterocycles. The molecule has 0 spiro atoms. The van der Waals surface area contributed by atoms with Gasteiger partial charge in [0.15, 0.2) is 5.96 Å². The van der Waals surface area contributed by atoms with Gasteiger partial charge in [-0.25, -0.2) is 9.18 Å². The number of nitrogens with one attached hydrogen (secondary N) is 2. The Morgan fingerprint density at radius 2 is 1.85 bits per heavy atom. The van der Waals surface area contributed by atoms with Gasteiger partial charge in [-0.3, -0.25) is 4.99 Å². The van der Waals surface area contributed by atoms with E-state index in [2.05, 4.69) is 15.6 Å². The van der Waals surface area contributed by atoms with E-state index in [1.165, 1.54) is 12.1 Å². The molecule has 2 N–H and O–H groups in total.